The molecule has 3 atom stereocenters. The predicted molar refractivity (Wildman–Crippen MR) is 200 cm³/mol. The summed E-state index contributed by atoms with van der Waals surface area (Å²) >= 11 is 0. The molecule has 262 valence electrons. The van der Waals surface area contributed by atoms with Gasteiger partial charge in [0.15, 0.2) is 0 Å². The van der Waals surface area contributed by atoms with E-state index >= 15 is 0 Å². The molecule has 51 heavy (non-hydrogen) atoms. The quantitative estimate of drug-likeness (QED) is 0.132. The van der Waals surface area contributed by atoms with Crippen molar-refractivity contribution in [1.82, 2.24) is 15.5 Å². The molecule has 0 spiro atoms. The van der Waals surface area contributed by atoms with E-state index < -0.39 is 23.6 Å². The number of alkyl carbamates (subject to hydrolysis) is 1. The van der Waals surface area contributed by atoms with E-state index in [1.807, 2.05) is 87.5 Å². The Morgan fingerprint density at radius 3 is 2.04 bits per heavy atom. The summed E-state index contributed by atoms with van der Waals surface area (Å²) < 4.78 is 5.78. The van der Waals surface area contributed by atoms with Crippen LogP contribution >= 0.6 is 0 Å². The maximum absolute atomic E-state index is 14.5. The Morgan fingerprint density at radius 2 is 1.39 bits per heavy atom. The minimum Gasteiger partial charge on any atom is -0.508 e. The van der Waals surface area contributed by atoms with E-state index in [1.54, 1.807) is 43.1 Å². The number of hydrogen-bond donors (Lipinski definition) is 3. The van der Waals surface area contributed by atoms with Crippen LogP contribution in [-0.2, 0) is 20.7 Å². The van der Waals surface area contributed by atoms with E-state index in [1.165, 1.54) is 0 Å². The summed E-state index contributed by atoms with van der Waals surface area (Å²) in [6.45, 7) is 7.46. The predicted octanol–water partition coefficient (Wildman–Crippen LogP) is 7.75. The second-order valence-corrected chi connectivity index (χ2v) is 14.0. The molecule has 5 aromatic carbocycles. The first kappa shape index (κ1) is 35.2. The van der Waals surface area contributed by atoms with Crippen molar-refractivity contribution in [2.45, 2.75) is 57.7 Å². The molecule has 0 saturated carbocycles. The highest BCUT2D eigenvalue weighted by Gasteiger charge is 2.41. The number of nitrogens with one attached hydrogen (secondary N) is 2. The van der Waals surface area contributed by atoms with Crippen LogP contribution in [0.1, 0.15) is 61.9 Å². The Labute approximate surface area is 299 Å². The second-order valence-electron chi connectivity index (χ2n) is 14.0. The molecule has 0 aliphatic heterocycles. The number of fused-ring (bicyclic) bond motifs is 4. The van der Waals surface area contributed by atoms with Gasteiger partial charge < -0.3 is 25.4 Å². The molecule has 0 saturated heterocycles. The smallest absolute Gasteiger partial charge is 0.407 e. The Bertz CT molecular complexity index is 2010. The molecule has 6 rings (SSSR count). The third-order valence-corrected chi connectivity index (χ3v) is 10.1. The van der Waals surface area contributed by atoms with Crippen LogP contribution in [-0.4, -0.2) is 53.1 Å². The third-order valence-electron chi connectivity index (χ3n) is 10.1. The van der Waals surface area contributed by atoms with E-state index in [4.69, 9.17) is 4.74 Å². The maximum atomic E-state index is 14.5. The van der Waals surface area contributed by atoms with Gasteiger partial charge in [-0.1, -0.05) is 117 Å². The first-order chi connectivity index (χ1) is 24.5. The van der Waals surface area contributed by atoms with Crippen LogP contribution in [0.25, 0.3) is 21.9 Å². The fourth-order valence-electron chi connectivity index (χ4n) is 7.24. The summed E-state index contributed by atoms with van der Waals surface area (Å²) in [4.78, 5) is 43.6. The van der Waals surface area contributed by atoms with Crippen molar-refractivity contribution in [3.63, 3.8) is 0 Å². The number of amides is 3. The summed E-state index contributed by atoms with van der Waals surface area (Å²) in [7, 11) is 1.74. The zero-order valence-corrected chi connectivity index (χ0v) is 29.7. The molecule has 5 aromatic rings. The van der Waals surface area contributed by atoms with Crippen molar-refractivity contribution in [3.05, 3.63) is 138 Å². The van der Waals surface area contributed by atoms with Gasteiger partial charge in [-0.25, -0.2) is 4.79 Å². The Morgan fingerprint density at radius 1 is 0.804 bits per heavy atom. The van der Waals surface area contributed by atoms with Gasteiger partial charge in [0, 0.05) is 19.4 Å². The fourth-order valence-corrected chi connectivity index (χ4v) is 7.24. The number of benzene rings is 5. The van der Waals surface area contributed by atoms with E-state index in [9.17, 15) is 19.5 Å². The second kappa shape index (κ2) is 14.7. The number of phenols is 1. The monoisotopic (exact) mass is 683 g/mol. The van der Waals surface area contributed by atoms with E-state index in [2.05, 4.69) is 34.9 Å². The summed E-state index contributed by atoms with van der Waals surface area (Å²) in [6.07, 6.45) is -0.556. The van der Waals surface area contributed by atoms with Gasteiger partial charge in [-0.3, -0.25) is 9.59 Å². The van der Waals surface area contributed by atoms with Gasteiger partial charge in [-0.2, -0.15) is 0 Å². The number of nitrogens with zero attached hydrogens (tertiary/aromatic N) is 1. The molecule has 0 unspecified atom stereocenters. The lowest BCUT2D eigenvalue weighted by atomic mass is 9.88. The Hall–Kier alpha value is -5.63. The van der Waals surface area contributed by atoms with Gasteiger partial charge in [0.05, 0.1) is 6.04 Å². The van der Waals surface area contributed by atoms with Crippen LogP contribution in [0.4, 0.5) is 4.79 Å². The highest BCUT2D eigenvalue weighted by atomic mass is 16.5. The number of carbonyl (C=O) groups is 3. The number of phenolic OH excluding ortho intramolecular Hbond substituents is 1. The average molecular weight is 684 g/mol. The number of rotatable bonds is 11. The lowest BCUT2D eigenvalue weighted by Gasteiger charge is -2.38. The molecular formula is C43H45N3O5. The number of carbonyl (C=O) groups excluding carboxylic acids is 3. The standard InChI is InChI=1S/C43H45N3O5/c1-27(2)39(44-42(50)51-26-38-36-18-10-8-16-34(36)35-17-9-11-19-37(35)38)40(48)45-43(4,25-29-21-23-31(47)24-22-29)41(49)46(5)28(3)32-20-12-14-30-13-6-7-15-33(30)32/h6-24,27-28,38-39,47H,25-26H2,1-5H3,(H,44,50)(H,45,48)/t28-,39+,43-/m1/s1. The maximum Gasteiger partial charge on any atom is 0.407 e. The summed E-state index contributed by atoms with van der Waals surface area (Å²) in [5.74, 6) is -1.14. The summed E-state index contributed by atoms with van der Waals surface area (Å²) in [5, 5.41) is 17.8. The van der Waals surface area contributed by atoms with Crippen LogP contribution in [0.15, 0.2) is 115 Å². The Balaban J connectivity index is 1.20. The summed E-state index contributed by atoms with van der Waals surface area (Å²) in [6, 6.07) is 35.6. The molecule has 3 N–H and O–H groups in total. The normalized spacial score (nSPS) is 14.5. The fraction of sp³-hybridized carbons (Fsp3) is 0.279. The highest BCUT2D eigenvalue weighted by Crippen LogP contribution is 2.44. The SMILES string of the molecule is CC(C)[C@H](NC(=O)OCC1c2ccccc2-c2ccccc21)C(=O)N[C@](C)(Cc1ccc(O)cc1)C(=O)N(C)[C@H](C)c1cccc2ccccc12. The molecule has 8 nitrogen and oxygen atoms in total. The lowest BCUT2D eigenvalue weighted by molar-refractivity contribution is -0.142. The first-order valence-corrected chi connectivity index (χ1v) is 17.4. The van der Waals surface area contributed by atoms with Crippen molar-refractivity contribution in [3.8, 4) is 16.9 Å². The zero-order chi connectivity index (χ0) is 36.3. The zero-order valence-electron chi connectivity index (χ0n) is 29.7. The molecule has 0 fully saturated rings. The van der Waals surface area contributed by atoms with Gasteiger partial charge in [0.1, 0.15) is 23.9 Å². The molecule has 3 amide bonds. The average Bonchev–Trinajstić information content (AvgIpc) is 3.46. The number of likely N-dealkylation sites (N-methyl/N-ethyl adjacent to an activating group) is 1. The molecule has 0 bridgehead atoms. The van der Waals surface area contributed by atoms with Crippen LogP contribution in [0.2, 0.25) is 0 Å². The van der Waals surface area contributed by atoms with Crippen molar-refractivity contribution in [2.75, 3.05) is 13.7 Å². The van der Waals surface area contributed by atoms with Crippen LogP contribution in [0.5, 0.6) is 5.75 Å². The van der Waals surface area contributed by atoms with Gasteiger partial charge in [-0.05, 0) is 76.1 Å². The van der Waals surface area contributed by atoms with Crippen molar-refractivity contribution in [1.29, 1.82) is 0 Å². The van der Waals surface area contributed by atoms with Crippen molar-refractivity contribution in [2.24, 2.45) is 5.92 Å². The summed E-state index contributed by atoms with van der Waals surface area (Å²) in [5.41, 5.74) is 4.76. The van der Waals surface area contributed by atoms with Crippen LogP contribution < -0.4 is 10.6 Å². The highest BCUT2D eigenvalue weighted by molar-refractivity contribution is 5.95. The van der Waals surface area contributed by atoms with E-state index in [0.29, 0.717) is 0 Å². The molecular weight excluding hydrogens is 638 g/mol. The van der Waals surface area contributed by atoms with E-state index in [-0.39, 0.29) is 42.6 Å². The molecule has 1 aliphatic carbocycles. The van der Waals surface area contributed by atoms with Gasteiger partial charge in [0.2, 0.25) is 11.8 Å². The van der Waals surface area contributed by atoms with Gasteiger partial charge in [0.25, 0.3) is 0 Å². The Kier molecular flexibility index (Phi) is 10.1. The lowest BCUT2D eigenvalue weighted by Crippen LogP contribution is -2.62. The third kappa shape index (κ3) is 7.31. The largest absolute Gasteiger partial charge is 0.508 e. The minimum absolute atomic E-state index is 0.102. The number of hydrogen-bond acceptors (Lipinski definition) is 5. The molecule has 0 radical (unpaired) electrons. The topological polar surface area (TPSA) is 108 Å². The van der Waals surface area contributed by atoms with E-state index in [0.717, 1.165) is 44.2 Å². The molecule has 1 aliphatic rings. The van der Waals surface area contributed by atoms with Crippen molar-refractivity contribution < 1.29 is 24.2 Å². The van der Waals surface area contributed by atoms with Crippen molar-refractivity contribution >= 4 is 28.7 Å². The molecule has 0 heterocycles. The number of aromatic hydroxyl groups is 1. The van der Waals surface area contributed by atoms with Crippen LogP contribution in [0.3, 0.4) is 0 Å². The minimum atomic E-state index is -1.41. The molecule has 8 heteroatoms. The van der Waals surface area contributed by atoms with Gasteiger partial charge in [-0.15, -0.1) is 0 Å². The van der Waals surface area contributed by atoms with Gasteiger partial charge >= 0.3 is 6.09 Å². The first-order valence-electron chi connectivity index (χ1n) is 17.4. The number of ether oxygens (including phenoxy) is 1. The molecule has 0 aromatic heterocycles. The van der Waals surface area contributed by atoms with Crippen LogP contribution in [0, 0.1) is 5.92 Å².